The summed E-state index contributed by atoms with van der Waals surface area (Å²) < 4.78 is 13.7. The van der Waals surface area contributed by atoms with Crippen molar-refractivity contribution in [3.63, 3.8) is 0 Å². The summed E-state index contributed by atoms with van der Waals surface area (Å²) in [5, 5.41) is 0. The van der Waals surface area contributed by atoms with Crippen molar-refractivity contribution in [3.8, 4) is 0 Å². The Morgan fingerprint density at radius 3 is 2.62 bits per heavy atom. The van der Waals surface area contributed by atoms with E-state index in [2.05, 4.69) is 25.7 Å². The van der Waals surface area contributed by atoms with Crippen LogP contribution in [-0.4, -0.2) is 18.0 Å². The predicted molar refractivity (Wildman–Crippen MR) is 66.6 cm³/mol. The summed E-state index contributed by atoms with van der Waals surface area (Å²) in [6.07, 6.45) is 0. The van der Waals surface area contributed by atoms with E-state index in [-0.39, 0.29) is 11.5 Å². The van der Waals surface area contributed by atoms with Gasteiger partial charge < -0.3 is 5.73 Å². The maximum atomic E-state index is 13.7. The van der Waals surface area contributed by atoms with Crippen molar-refractivity contribution >= 4 is 5.69 Å². The molecule has 1 aromatic rings. The number of hydrogen-bond donors (Lipinski definition) is 1. The summed E-state index contributed by atoms with van der Waals surface area (Å²) in [6, 6.07) is 5.20. The Hall–Kier alpha value is -1.09. The Balaban J connectivity index is 2.74. The van der Waals surface area contributed by atoms with Gasteiger partial charge in [0, 0.05) is 18.7 Å². The third kappa shape index (κ3) is 3.49. The van der Waals surface area contributed by atoms with Crippen LogP contribution in [0.25, 0.3) is 0 Å². The summed E-state index contributed by atoms with van der Waals surface area (Å²) in [5.41, 5.74) is 6.46. The van der Waals surface area contributed by atoms with Crippen LogP contribution in [0.5, 0.6) is 0 Å². The van der Waals surface area contributed by atoms with E-state index in [1.54, 1.807) is 18.2 Å². The molecule has 0 heterocycles. The van der Waals surface area contributed by atoms with Crippen LogP contribution in [0.2, 0.25) is 0 Å². The number of hydrogen-bond acceptors (Lipinski definition) is 2. The molecule has 1 rings (SSSR count). The van der Waals surface area contributed by atoms with Gasteiger partial charge in [-0.3, -0.25) is 4.90 Å². The minimum atomic E-state index is -0.273. The molecule has 0 spiro atoms. The fourth-order valence-corrected chi connectivity index (χ4v) is 1.78. The Morgan fingerprint density at radius 1 is 1.38 bits per heavy atom. The molecule has 0 atom stereocenters. The van der Waals surface area contributed by atoms with Gasteiger partial charge in [0.15, 0.2) is 5.82 Å². The molecule has 0 fully saturated rings. The van der Waals surface area contributed by atoms with Crippen LogP contribution in [0.1, 0.15) is 26.3 Å². The summed E-state index contributed by atoms with van der Waals surface area (Å²) >= 11 is 0. The highest BCUT2D eigenvalue weighted by Crippen LogP contribution is 2.16. The second-order valence-corrected chi connectivity index (χ2v) is 4.54. The van der Waals surface area contributed by atoms with Crippen molar-refractivity contribution in [2.75, 3.05) is 18.8 Å². The number of nitrogens with two attached hydrogens (primary N) is 1. The van der Waals surface area contributed by atoms with Crippen LogP contribution in [-0.2, 0) is 6.54 Å². The molecular weight excluding hydrogens is 203 g/mol. The zero-order valence-corrected chi connectivity index (χ0v) is 10.3. The van der Waals surface area contributed by atoms with E-state index in [4.69, 9.17) is 5.73 Å². The van der Waals surface area contributed by atoms with E-state index in [0.717, 1.165) is 13.1 Å². The maximum Gasteiger partial charge on any atom is 0.150 e. The zero-order chi connectivity index (χ0) is 12.1. The van der Waals surface area contributed by atoms with Crippen LogP contribution in [0, 0.1) is 11.7 Å². The van der Waals surface area contributed by atoms with Gasteiger partial charge >= 0.3 is 0 Å². The van der Waals surface area contributed by atoms with Crippen LogP contribution in [0.15, 0.2) is 18.2 Å². The van der Waals surface area contributed by atoms with Crippen molar-refractivity contribution in [3.05, 3.63) is 29.6 Å². The van der Waals surface area contributed by atoms with Gasteiger partial charge in [-0.05, 0) is 18.5 Å². The lowest BCUT2D eigenvalue weighted by Crippen LogP contribution is -2.27. The van der Waals surface area contributed by atoms with E-state index in [9.17, 15) is 4.39 Å². The largest absolute Gasteiger partial charge is 0.396 e. The van der Waals surface area contributed by atoms with Crippen LogP contribution >= 0.6 is 0 Å². The van der Waals surface area contributed by atoms with Gasteiger partial charge in [0.25, 0.3) is 0 Å². The van der Waals surface area contributed by atoms with E-state index in [1.807, 2.05) is 0 Å². The molecule has 0 saturated heterocycles. The standard InChI is InChI=1S/C13H21FN2/c1-4-16(8-10(2)3)9-11-6-5-7-12(15)13(11)14/h5-7,10H,4,8-9,15H2,1-3H3. The molecule has 0 aliphatic carbocycles. The highest BCUT2D eigenvalue weighted by atomic mass is 19.1. The molecule has 3 heteroatoms. The van der Waals surface area contributed by atoms with Crippen molar-refractivity contribution in [1.82, 2.24) is 4.90 Å². The van der Waals surface area contributed by atoms with E-state index in [1.165, 1.54) is 0 Å². The number of nitrogen functional groups attached to an aromatic ring is 1. The number of halogens is 1. The summed E-state index contributed by atoms with van der Waals surface area (Å²) in [5.74, 6) is 0.314. The Morgan fingerprint density at radius 2 is 2.06 bits per heavy atom. The molecule has 2 N–H and O–H groups in total. The third-order valence-corrected chi connectivity index (χ3v) is 2.57. The SMILES string of the molecule is CCN(Cc1cccc(N)c1F)CC(C)C. The summed E-state index contributed by atoms with van der Waals surface area (Å²) in [7, 11) is 0. The normalized spacial score (nSPS) is 11.4. The second-order valence-electron chi connectivity index (χ2n) is 4.54. The molecule has 16 heavy (non-hydrogen) atoms. The fourth-order valence-electron chi connectivity index (χ4n) is 1.78. The minimum absolute atomic E-state index is 0.234. The van der Waals surface area contributed by atoms with Crippen LogP contribution in [0.3, 0.4) is 0 Å². The van der Waals surface area contributed by atoms with Gasteiger partial charge in [-0.1, -0.05) is 32.9 Å². The quantitative estimate of drug-likeness (QED) is 0.779. The first kappa shape index (κ1) is 13.0. The monoisotopic (exact) mass is 224 g/mol. The number of anilines is 1. The molecular formula is C13H21FN2. The van der Waals surface area contributed by atoms with E-state index in [0.29, 0.717) is 18.0 Å². The maximum absolute atomic E-state index is 13.7. The van der Waals surface area contributed by atoms with Gasteiger partial charge in [0.1, 0.15) is 0 Å². The van der Waals surface area contributed by atoms with E-state index < -0.39 is 0 Å². The molecule has 0 radical (unpaired) electrons. The molecule has 2 nitrogen and oxygen atoms in total. The molecule has 0 aliphatic rings. The summed E-state index contributed by atoms with van der Waals surface area (Å²) in [4.78, 5) is 2.22. The topological polar surface area (TPSA) is 29.3 Å². The second kappa shape index (κ2) is 5.85. The smallest absolute Gasteiger partial charge is 0.150 e. The number of nitrogens with zero attached hydrogens (tertiary/aromatic N) is 1. The molecule has 0 bridgehead atoms. The Kier molecular flexibility index (Phi) is 4.74. The highest BCUT2D eigenvalue weighted by Gasteiger charge is 2.10. The van der Waals surface area contributed by atoms with Crippen molar-refractivity contribution in [2.24, 2.45) is 5.92 Å². The Bertz CT molecular complexity index is 337. The highest BCUT2D eigenvalue weighted by molar-refractivity contribution is 5.42. The van der Waals surface area contributed by atoms with Gasteiger partial charge in [-0.2, -0.15) is 0 Å². The first-order valence-corrected chi connectivity index (χ1v) is 5.79. The number of rotatable bonds is 5. The average Bonchev–Trinajstić information content (AvgIpc) is 2.23. The lowest BCUT2D eigenvalue weighted by molar-refractivity contribution is 0.245. The Labute approximate surface area is 97.3 Å². The zero-order valence-electron chi connectivity index (χ0n) is 10.3. The average molecular weight is 224 g/mol. The van der Waals surface area contributed by atoms with Crippen LogP contribution < -0.4 is 5.73 Å². The minimum Gasteiger partial charge on any atom is -0.396 e. The molecule has 0 aromatic heterocycles. The third-order valence-electron chi connectivity index (χ3n) is 2.57. The first-order valence-electron chi connectivity index (χ1n) is 5.79. The molecule has 0 aliphatic heterocycles. The van der Waals surface area contributed by atoms with Gasteiger partial charge in [-0.25, -0.2) is 4.39 Å². The van der Waals surface area contributed by atoms with Crippen molar-refractivity contribution < 1.29 is 4.39 Å². The molecule has 1 aromatic carbocycles. The molecule has 0 saturated carbocycles. The summed E-state index contributed by atoms with van der Waals surface area (Å²) in [6.45, 7) is 8.95. The first-order chi connectivity index (χ1) is 7.54. The predicted octanol–water partition coefficient (Wildman–Crippen LogP) is 2.89. The lowest BCUT2D eigenvalue weighted by Gasteiger charge is -2.22. The van der Waals surface area contributed by atoms with Gasteiger partial charge in [0.05, 0.1) is 5.69 Å². The van der Waals surface area contributed by atoms with Crippen molar-refractivity contribution in [2.45, 2.75) is 27.3 Å². The van der Waals surface area contributed by atoms with Crippen LogP contribution in [0.4, 0.5) is 10.1 Å². The van der Waals surface area contributed by atoms with Crippen molar-refractivity contribution in [1.29, 1.82) is 0 Å². The van der Waals surface area contributed by atoms with Gasteiger partial charge in [-0.15, -0.1) is 0 Å². The molecule has 90 valence electrons. The molecule has 0 unspecified atom stereocenters. The number of benzene rings is 1. The van der Waals surface area contributed by atoms with E-state index >= 15 is 0 Å². The molecule has 0 amide bonds. The fraction of sp³-hybridized carbons (Fsp3) is 0.538. The lowest BCUT2D eigenvalue weighted by atomic mass is 10.1. The van der Waals surface area contributed by atoms with Gasteiger partial charge in [0.2, 0.25) is 0 Å².